The summed E-state index contributed by atoms with van der Waals surface area (Å²) in [5.74, 6) is 0.846. The molecule has 0 spiro atoms. The SMILES string of the molecule is c1ccc(-c2oc3c4ccccc4c4ccccc4c3c2-c2cccc(N(c3ccc4c(c3)oc3ccccc34)c3ccc4c(c3)oc3ccccc34)c2)cc1. The number of fused-ring (bicyclic) bond motifs is 12. The first-order chi connectivity index (χ1) is 27.8. The monoisotopic (exact) mass is 717 g/mol. The van der Waals surface area contributed by atoms with Crippen LogP contribution in [0.4, 0.5) is 17.1 Å². The van der Waals surface area contributed by atoms with Crippen LogP contribution in [0.3, 0.4) is 0 Å². The first-order valence-electron chi connectivity index (χ1n) is 18.9. The Balaban J connectivity index is 1.13. The zero-order chi connectivity index (χ0) is 36.7. The molecule has 3 aromatic heterocycles. The fourth-order valence-electron chi connectivity index (χ4n) is 8.75. The maximum Gasteiger partial charge on any atom is 0.143 e. The highest BCUT2D eigenvalue weighted by atomic mass is 16.3. The van der Waals surface area contributed by atoms with Crippen molar-refractivity contribution in [3.8, 4) is 22.5 Å². The van der Waals surface area contributed by atoms with Gasteiger partial charge in [-0.1, -0.05) is 127 Å². The first-order valence-corrected chi connectivity index (χ1v) is 18.9. The van der Waals surface area contributed by atoms with Crippen molar-refractivity contribution in [1.29, 1.82) is 0 Å². The highest BCUT2D eigenvalue weighted by Gasteiger charge is 2.24. The van der Waals surface area contributed by atoms with Crippen molar-refractivity contribution < 1.29 is 13.3 Å². The van der Waals surface area contributed by atoms with Gasteiger partial charge in [0.15, 0.2) is 0 Å². The zero-order valence-corrected chi connectivity index (χ0v) is 30.1. The largest absolute Gasteiger partial charge is 0.456 e. The molecule has 262 valence electrons. The van der Waals surface area contributed by atoms with Gasteiger partial charge < -0.3 is 18.2 Å². The number of furan rings is 3. The van der Waals surface area contributed by atoms with Crippen molar-refractivity contribution in [2.75, 3.05) is 4.90 Å². The van der Waals surface area contributed by atoms with Crippen LogP contribution >= 0.6 is 0 Å². The number of anilines is 3. The van der Waals surface area contributed by atoms with Crippen molar-refractivity contribution in [2.24, 2.45) is 0 Å². The van der Waals surface area contributed by atoms with Crippen molar-refractivity contribution >= 4 is 93.5 Å². The molecule has 3 heterocycles. The highest BCUT2D eigenvalue weighted by Crippen LogP contribution is 2.49. The summed E-state index contributed by atoms with van der Waals surface area (Å²) in [6.07, 6.45) is 0. The maximum absolute atomic E-state index is 7.05. The summed E-state index contributed by atoms with van der Waals surface area (Å²) >= 11 is 0. The summed E-state index contributed by atoms with van der Waals surface area (Å²) in [5.41, 5.74) is 10.4. The fourth-order valence-corrected chi connectivity index (χ4v) is 8.75. The lowest BCUT2D eigenvalue weighted by atomic mass is 9.92. The number of benzene rings is 9. The van der Waals surface area contributed by atoms with Crippen LogP contribution in [0, 0.1) is 0 Å². The van der Waals surface area contributed by atoms with Gasteiger partial charge in [0.2, 0.25) is 0 Å². The van der Waals surface area contributed by atoms with E-state index in [1.54, 1.807) is 0 Å². The summed E-state index contributed by atoms with van der Waals surface area (Å²) in [6, 6.07) is 65.9. The molecule has 0 radical (unpaired) electrons. The molecule has 4 nitrogen and oxygen atoms in total. The second-order valence-corrected chi connectivity index (χ2v) is 14.4. The molecule has 56 heavy (non-hydrogen) atoms. The van der Waals surface area contributed by atoms with Crippen molar-refractivity contribution in [3.05, 3.63) is 188 Å². The third-order valence-electron chi connectivity index (χ3n) is 11.2. The van der Waals surface area contributed by atoms with Crippen LogP contribution in [0.1, 0.15) is 0 Å². The van der Waals surface area contributed by atoms with Crippen LogP contribution in [0.5, 0.6) is 0 Å². The molecule has 0 saturated heterocycles. The van der Waals surface area contributed by atoms with Gasteiger partial charge in [0.05, 0.1) is 0 Å². The van der Waals surface area contributed by atoms with Crippen LogP contribution in [-0.4, -0.2) is 0 Å². The summed E-state index contributed by atoms with van der Waals surface area (Å²) < 4.78 is 19.9. The number of hydrogen-bond acceptors (Lipinski definition) is 4. The van der Waals surface area contributed by atoms with E-state index in [9.17, 15) is 0 Å². The number of para-hydroxylation sites is 2. The Labute approximate surface area is 321 Å². The lowest BCUT2D eigenvalue weighted by molar-refractivity contribution is 0.636. The molecular weight excluding hydrogens is 687 g/mol. The van der Waals surface area contributed by atoms with E-state index in [1.807, 2.05) is 30.3 Å². The third kappa shape index (κ3) is 4.60. The molecule has 0 aliphatic carbocycles. The number of hydrogen-bond donors (Lipinski definition) is 0. The van der Waals surface area contributed by atoms with E-state index in [2.05, 4.69) is 163 Å². The van der Waals surface area contributed by atoms with Crippen LogP contribution in [-0.2, 0) is 0 Å². The molecule has 0 saturated carbocycles. The standard InChI is InChI=1S/C52H31NO3/c1-2-13-32(14-3-1)51-49(50-43-21-6-4-17-37(43)38-18-5-7-22-44(38)52(50)56-51)33-15-12-16-34(29-33)53(35-25-27-41-39-19-8-10-23-45(39)54-47(41)30-35)36-26-28-42-40-20-9-11-24-46(40)55-48(42)31-36/h1-31H. The van der Waals surface area contributed by atoms with Gasteiger partial charge in [-0.05, 0) is 70.3 Å². The van der Waals surface area contributed by atoms with Crippen LogP contribution < -0.4 is 4.90 Å². The molecule has 0 aliphatic rings. The summed E-state index contributed by atoms with van der Waals surface area (Å²) in [4.78, 5) is 2.29. The second kappa shape index (κ2) is 12.0. The molecular formula is C52H31NO3. The molecule has 0 unspecified atom stereocenters. The highest BCUT2D eigenvalue weighted by molar-refractivity contribution is 6.28. The Morgan fingerprint density at radius 3 is 1.43 bits per heavy atom. The topological polar surface area (TPSA) is 42.7 Å². The minimum Gasteiger partial charge on any atom is -0.456 e. The van der Waals surface area contributed by atoms with E-state index in [-0.39, 0.29) is 0 Å². The van der Waals surface area contributed by atoms with Crippen LogP contribution in [0.2, 0.25) is 0 Å². The van der Waals surface area contributed by atoms with Crippen molar-refractivity contribution in [2.45, 2.75) is 0 Å². The van der Waals surface area contributed by atoms with E-state index in [1.165, 1.54) is 10.8 Å². The molecule has 12 rings (SSSR count). The van der Waals surface area contributed by atoms with E-state index >= 15 is 0 Å². The molecule has 0 amide bonds. The van der Waals surface area contributed by atoms with Gasteiger partial charge in [0.1, 0.15) is 33.7 Å². The molecule has 9 aromatic carbocycles. The second-order valence-electron chi connectivity index (χ2n) is 14.4. The van der Waals surface area contributed by atoms with Gasteiger partial charge >= 0.3 is 0 Å². The average Bonchev–Trinajstić information content (AvgIpc) is 3.96. The van der Waals surface area contributed by atoms with E-state index in [0.717, 1.165) is 105 Å². The molecule has 0 N–H and O–H groups in total. The van der Waals surface area contributed by atoms with Gasteiger partial charge in [0, 0.05) is 72.6 Å². The van der Waals surface area contributed by atoms with Crippen molar-refractivity contribution in [1.82, 2.24) is 0 Å². The Hall–Kier alpha value is -7.56. The Morgan fingerprint density at radius 1 is 0.304 bits per heavy atom. The predicted octanol–water partition coefficient (Wildman–Crippen LogP) is 15.3. The quantitative estimate of drug-likeness (QED) is 0.166. The number of nitrogens with zero attached hydrogens (tertiary/aromatic N) is 1. The van der Waals surface area contributed by atoms with Gasteiger partial charge in [-0.25, -0.2) is 0 Å². The minimum absolute atomic E-state index is 0.834. The predicted molar refractivity (Wildman–Crippen MR) is 231 cm³/mol. The van der Waals surface area contributed by atoms with E-state index in [0.29, 0.717) is 0 Å². The molecule has 0 bridgehead atoms. The van der Waals surface area contributed by atoms with Gasteiger partial charge in [-0.3, -0.25) is 0 Å². The van der Waals surface area contributed by atoms with Gasteiger partial charge in [0.25, 0.3) is 0 Å². The van der Waals surface area contributed by atoms with Crippen molar-refractivity contribution in [3.63, 3.8) is 0 Å². The van der Waals surface area contributed by atoms with E-state index in [4.69, 9.17) is 13.3 Å². The lowest BCUT2D eigenvalue weighted by Gasteiger charge is -2.26. The van der Waals surface area contributed by atoms with Crippen LogP contribution in [0.25, 0.3) is 98.8 Å². The van der Waals surface area contributed by atoms with Gasteiger partial charge in [-0.15, -0.1) is 0 Å². The Bertz CT molecular complexity index is 3380. The molecule has 0 atom stereocenters. The van der Waals surface area contributed by atoms with E-state index < -0.39 is 0 Å². The molecule has 0 aliphatic heterocycles. The van der Waals surface area contributed by atoms with Crippen LogP contribution in [0.15, 0.2) is 201 Å². The summed E-state index contributed by atoms with van der Waals surface area (Å²) in [6.45, 7) is 0. The third-order valence-corrected chi connectivity index (χ3v) is 11.2. The Morgan fingerprint density at radius 2 is 0.786 bits per heavy atom. The zero-order valence-electron chi connectivity index (χ0n) is 30.1. The Kier molecular flexibility index (Phi) is 6.60. The average molecular weight is 718 g/mol. The molecule has 12 aromatic rings. The normalized spacial score (nSPS) is 11.9. The smallest absolute Gasteiger partial charge is 0.143 e. The summed E-state index contributed by atoms with van der Waals surface area (Å²) in [5, 5.41) is 10.1. The fraction of sp³-hybridized carbons (Fsp3) is 0. The number of rotatable bonds is 5. The molecule has 4 heteroatoms. The first kappa shape index (κ1) is 30.9. The summed E-state index contributed by atoms with van der Waals surface area (Å²) in [7, 11) is 0. The van der Waals surface area contributed by atoms with Gasteiger partial charge in [-0.2, -0.15) is 0 Å². The molecule has 0 fully saturated rings. The minimum atomic E-state index is 0.834. The lowest BCUT2D eigenvalue weighted by Crippen LogP contribution is -2.10. The maximum atomic E-state index is 7.05.